The van der Waals surface area contributed by atoms with E-state index in [9.17, 15) is 88.2 Å². The van der Waals surface area contributed by atoms with Crippen LogP contribution in [0.5, 0.6) is 46.0 Å². The van der Waals surface area contributed by atoms with Crippen molar-refractivity contribution in [3.8, 4) is 57.1 Å². The number of aromatic nitrogens is 1. The molecule has 7 aromatic rings. The Morgan fingerprint density at radius 2 is 1.35 bits per heavy atom. The maximum Gasteiger partial charge on any atom is 0.433 e. The standard InChI is InChI=1S/C80H87Cl3F3N11O24/c1-31(2)18-46(88-5)71(108)96-62-64(103)34-9-14-50(42(82)20-34)117-52-22-36-23-53(68(52)121-78-69(67(106)66(105)54(30-98)119-78)120-57-29-79(4,70(107)32(3)116-57)90-17-7-6-16-89-44-27-55(80(84,85)86)91-45-24-37(81)11-12-39(44)45)118-51-15-10-35(21-43(51)83)65(104)63-76(113)95-61(77(114)115)41-25-38(99)26-49(101)58(41)40-19-33(8-13-48(40)100)59(73(110)97-63)94-74(111)60(36)93-72(109)47(28-56(87)102)92-75(62)112/h8-15,19-27,31-32,46-47,54,57,59-67,69-70,78,88,90,98-101,103-107H,6-7,16-18,28-30H2,1-5H3,(H2,87,102)(H,89,91)(H,92,112)(H,93,109)(H,94,111)(H,95,113)(H,96,108)(H,97,110)(H,114,115)/t32-,46+,47-,54+,57-,59+,60+,61-,62+,63-,64+,65+,66+,67-,69+,70+,78-,79-/m0/s1. The summed E-state index contributed by atoms with van der Waals surface area (Å²) >= 11 is 20.4. The average Bonchev–Trinajstić information content (AvgIpc) is 0.763. The minimum absolute atomic E-state index is 0.0143. The van der Waals surface area contributed by atoms with Crippen molar-refractivity contribution in [2.45, 2.75) is 175 Å². The Morgan fingerprint density at radius 3 is 1.98 bits per heavy atom. The van der Waals surface area contributed by atoms with Crippen LogP contribution >= 0.6 is 34.8 Å². The highest BCUT2D eigenvalue weighted by atomic mass is 35.5. The Hall–Kier alpha value is -10.7. The third kappa shape index (κ3) is 19.8. The Balaban J connectivity index is 0.994. The van der Waals surface area contributed by atoms with Crippen molar-refractivity contribution in [1.29, 1.82) is 0 Å². The van der Waals surface area contributed by atoms with Crippen molar-refractivity contribution in [3.63, 3.8) is 0 Å². The number of nitrogens with zero attached hydrogens (tertiary/aromatic N) is 1. The lowest BCUT2D eigenvalue weighted by Crippen LogP contribution is -2.65. The maximum absolute atomic E-state index is 16.2. The molecule has 2 saturated heterocycles. The number of rotatable bonds is 20. The number of ether oxygens (including phenoxy) is 6. The van der Waals surface area contributed by atoms with E-state index in [1.54, 1.807) is 20.8 Å². The van der Waals surface area contributed by atoms with Gasteiger partial charge in [0.05, 0.1) is 46.8 Å². The van der Waals surface area contributed by atoms with Gasteiger partial charge in [0.15, 0.2) is 29.9 Å². The number of unbranched alkanes of at least 4 members (excludes halogenated alkanes) is 1. The van der Waals surface area contributed by atoms with Gasteiger partial charge in [-0.15, -0.1) is 0 Å². The number of carboxylic acids is 1. The number of hydrogen-bond acceptors (Lipinski definition) is 27. The number of anilines is 1. The zero-order chi connectivity index (χ0) is 87.7. The van der Waals surface area contributed by atoms with Gasteiger partial charge in [0, 0.05) is 57.4 Å². The fourth-order valence-electron chi connectivity index (χ4n) is 15.0. The number of halogens is 6. The summed E-state index contributed by atoms with van der Waals surface area (Å²) in [5.41, 5.74) is 0.447. The van der Waals surface area contributed by atoms with Gasteiger partial charge in [-0.25, -0.2) is 9.78 Å². The van der Waals surface area contributed by atoms with Gasteiger partial charge in [0.2, 0.25) is 53.4 Å². The lowest BCUT2D eigenvalue weighted by molar-refractivity contribution is -0.334. The lowest BCUT2D eigenvalue weighted by Gasteiger charge is -2.48. The van der Waals surface area contributed by atoms with Crippen LogP contribution in [0.25, 0.3) is 22.0 Å². The predicted molar refractivity (Wildman–Crippen MR) is 423 cm³/mol. The van der Waals surface area contributed by atoms with E-state index >= 15 is 14.4 Å². The lowest BCUT2D eigenvalue weighted by atomic mass is 9.85. The molecular formula is C80H87Cl3F3N11O24. The number of nitrogens with two attached hydrogens (primary N) is 1. The number of phenolic OH excluding ortho intramolecular Hbond substituents is 3. The molecule has 648 valence electrons. The van der Waals surface area contributed by atoms with E-state index in [4.69, 9.17) is 69.0 Å². The third-order valence-electron chi connectivity index (χ3n) is 21.2. The molecule has 0 spiro atoms. The van der Waals surface area contributed by atoms with Crippen LogP contribution in [-0.2, 0) is 58.7 Å². The molecule has 0 radical (unpaired) electrons. The minimum Gasteiger partial charge on any atom is -0.508 e. The van der Waals surface area contributed by atoms with Crippen molar-refractivity contribution in [3.05, 3.63) is 152 Å². The summed E-state index contributed by atoms with van der Waals surface area (Å²) in [4.78, 5) is 122. The topological polar surface area (TPSA) is 541 Å². The number of primary amides is 1. The number of benzene rings is 6. The molecule has 18 atom stereocenters. The van der Waals surface area contributed by atoms with Crippen LogP contribution in [0.3, 0.4) is 0 Å². The van der Waals surface area contributed by atoms with Crippen molar-refractivity contribution in [2.75, 3.05) is 32.1 Å². The molecule has 0 saturated carbocycles. The van der Waals surface area contributed by atoms with E-state index in [0.717, 1.165) is 72.8 Å². The van der Waals surface area contributed by atoms with E-state index in [0.29, 0.717) is 18.2 Å². The van der Waals surface area contributed by atoms with Gasteiger partial charge in [-0.1, -0.05) is 66.8 Å². The molecule has 35 nitrogen and oxygen atoms in total. The number of amides is 7. The van der Waals surface area contributed by atoms with Crippen LogP contribution in [0.15, 0.2) is 103 Å². The number of alkyl halides is 3. The number of aromatic hydroxyl groups is 3. The number of aliphatic carboxylic acids is 1. The quantitative estimate of drug-likeness (QED) is 0.0453. The molecule has 7 amide bonds. The summed E-state index contributed by atoms with van der Waals surface area (Å²) < 4.78 is 81.3. The Labute approximate surface area is 701 Å². The molecule has 0 unspecified atom stereocenters. The van der Waals surface area contributed by atoms with Crippen LogP contribution in [0.2, 0.25) is 15.1 Å². The molecule has 21 N–H and O–H groups in total. The van der Waals surface area contributed by atoms with Crippen LogP contribution in [0.4, 0.5) is 18.9 Å². The van der Waals surface area contributed by atoms with E-state index < -0.39 is 254 Å². The highest BCUT2D eigenvalue weighted by Crippen LogP contribution is 2.50. The van der Waals surface area contributed by atoms with E-state index in [2.05, 4.69) is 52.8 Å². The Bertz CT molecular complexity index is 5160. The molecule has 0 aliphatic carbocycles. The summed E-state index contributed by atoms with van der Waals surface area (Å²) in [5, 5.41) is 140. The first kappa shape index (κ1) is 89.6. The summed E-state index contributed by atoms with van der Waals surface area (Å²) in [6, 6.07) is 4.09. The number of pyridine rings is 1. The maximum atomic E-state index is 16.2. The summed E-state index contributed by atoms with van der Waals surface area (Å²) in [5.74, 6) is -16.5. The summed E-state index contributed by atoms with van der Waals surface area (Å²) in [7, 11) is 1.46. The molecule has 121 heavy (non-hydrogen) atoms. The number of hydrogen-bond donors (Lipinski definition) is 20. The molecule has 7 aliphatic rings. The van der Waals surface area contributed by atoms with Gasteiger partial charge < -0.3 is 133 Å². The first-order valence-electron chi connectivity index (χ1n) is 38.1. The summed E-state index contributed by atoms with van der Waals surface area (Å²) in [6.45, 7) is 6.08. The van der Waals surface area contributed by atoms with Crippen molar-refractivity contribution in [1.82, 2.24) is 47.5 Å². The number of likely N-dealkylation sites (N-methyl/N-ethyl adjacent to an activating group) is 1. The monoisotopic (exact) mass is 1750 g/mol. The molecule has 1 aromatic heterocycles. The van der Waals surface area contributed by atoms with Crippen LogP contribution < -0.4 is 67.8 Å². The first-order valence-corrected chi connectivity index (χ1v) is 39.2. The van der Waals surface area contributed by atoms with Crippen LogP contribution in [0, 0.1) is 5.92 Å². The minimum atomic E-state index is -4.78. The SMILES string of the molecule is CN[C@H](CC(C)C)C(=O)N[C@H]1C(=O)N[C@@H](CC(N)=O)C(=O)N[C@H]2C(=O)N[C@H]3C(=O)N[C@H](C(=O)N[C@H](C(=O)O)c4cc(O)cc(O)c4-c4cc3ccc4O)[C@H](O)c3ccc(c(Cl)c3)Oc3cc2cc(c3O[C@@H]2O[C@H](CO)[C@@H](O)[C@H](O)[C@H]2O[C@H]2C[C@](C)(NCCCCNc3cc(C(F)(F)F)nc4cc(Cl)ccc34)[C@H](O)[C@H](C)O2)Oc2ccc(cc2Cl)[C@H]1O. The highest BCUT2D eigenvalue weighted by Gasteiger charge is 2.52. The molecule has 11 bridgehead atoms. The Morgan fingerprint density at radius 1 is 0.711 bits per heavy atom. The smallest absolute Gasteiger partial charge is 0.433 e. The normalized spacial score (nSPS) is 26.7. The van der Waals surface area contributed by atoms with Gasteiger partial charge in [-0.2, -0.15) is 13.2 Å². The predicted octanol–water partition coefficient (Wildman–Crippen LogP) is 4.85. The van der Waals surface area contributed by atoms with Crippen LogP contribution in [0.1, 0.15) is 124 Å². The van der Waals surface area contributed by atoms with Crippen molar-refractivity contribution >= 4 is 98.7 Å². The van der Waals surface area contributed by atoms with E-state index in [-0.39, 0.29) is 70.5 Å². The van der Waals surface area contributed by atoms with Gasteiger partial charge in [-0.05, 0) is 154 Å². The second-order valence-electron chi connectivity index (χ2n) is 30.4. The molecule has 2 fully saturated rings. The zero-order valence-electron chi connectivity index (χ0n) is 64.8. The number of nitrogens with one attached hydrogen (secondary N) is 9. The van der Waals surface area contributed by atoms with E-state index in [1.807, 2.05) is 0 Å². The Kier molecular flexibility index (Phi) is 27.3. The van der Waals surface area contributed by atoms with Gasteiger partial charge in [0.25, 0.3) is 0 Å². The van der Waals surface area contributed by atoms with Crippen molar-refractivity contribution < 1.29 is 131 Å². The summed E-state index contributed by atoms with van der Waals surface area (Å²) in [6.07, 6.45) is -23.4. The first-order chi connectivity index (χ1) is 57.2. The average molecular weight is 1750 g/mol. The zero-order valence-corrected chi connectivity index (χ0v) is 67.1. The number of aliphatic hydroxyl groups is 6. The molecular weight excluding hydrogens is 1660 g/mol. The van der Waals surface area contributed by atoms with E-state index in [1.165, 1.54) is 44.3 Å². The van der Waals surface area contributed by atoms with Crippen molar-refractivity contribution in [2.24, 2.45) is 11.7 Å². The molecule has 6 aromatic carbocycles. The second kappa shape index (κ2) is 36.9. The number of carboxylic acid groups (broad SMARTS) is 1. The fourth-order valence-corrected chi connectivity index (χ4v) is 15.6. The number of carbonyl (C=O) groups is 8. The number of fused-ring (bicyclic) bond motifs is 16. The van der Waals surface area contributed by atoms with Gasteiger partial charge >= 0.3 is 12.1 Å². The number of phenols is 3. The largest absolute Gasteiger partial charge is 0.508 e. The second-order valence-corrected chi connectivity index (χ2v) is 31.7. The fraction of sp³-hybridized carbons (Fsp3) is 0.412. The van der Waals surface area contributed by atoms with Gasteiger partial charge in [-0.3, -0.25) is 33.6 Å². The number of carbonyl (C=O) groups excluding carboxylic acids is 7. The highest BCUT2D eigenvalue weighted by molar-refractivity contribution is 6.32. The molecule has 7 aliphatic heterocycles. The van der Waals surface area contributed by atoms with Crippen LogP contribution in [-0.4, -0.2) is 209 Å². The third-order valence-corrected chi connectivity index (χ3v) is 22.1. The molecule has 14 rings (SSSR count). The molecule has 41 heteroatoms. The number of aliphatic hydroxyl groups excluding tert-OH is 6. The molecule has 8 heterocycles. The van der Waals surface area contributed by atoms with Gasteiger partial charge in [0.1, 0.15) is 95.2 Å².